The Hall–Kier alpha value is -1.96. The van der Waals surface area contributed by atoms with Crippen molar-refractivity contribution in [1.29, 1.82) is 0 Å². The molecule has 122 valence electrons. The van der Waals surface area contributed by atoms with Crippen molar-refractivity contribution in [3.63, 3.8) is 0 Å². The molecule has 0 atom stereocenters. The predicted molar refractivity (Wildman–Crippen MR) is 99.1 cm³/mol. The topological polar surface area (TPSA) is 24.7 Å². The minimum absolute atomic E-state index is 0.124. The average Bonchev–Trinajstić information content (AvgIpc) is 2.53. The first-order chi connectivity index (χ1) is 10.7. The molecule has 0 fully saturated rings. The molecule has 0 aliphatic rings. The Labute approximate surface area is 140 Å². The van der Waals surface area contributed by atoms with Gasteiger partial charge in [-0.25, -0.2) is 0 Å². The lowest BCUT2D eigenvalue weighted by molar-refractivity contribution is 0.506. The first-order valence-corrected chi connectivity index (χ1v) is 8.35. The predicted octanol–water partition coefficient (Wildman–Crippen LogP) is 7.09. The van der Waals surface area contributed by atoms with Crippen molar-refractivity contribution in [2.75, 3.05) is 0 Å². The Bertz CT molecular complexity index is 674. The van der Waals surface area contributed by atoms with Crippen LogP contribution in [0.4, 0.5) is 11.4 Å². The summed E-state index contributed by atoms with van der Waals surface area (Å²) >= 11 is 0. The van der Waals surface area contributed by atoms with Crippen LogP contribution in [0.1, 0.15) is 59.1 Å². The van der Waals surface area contributed by atoms with E-state index in [0.717, 1.165) is 17.8 Å². The van der Waals surface area contributed by atoms with Crippen molar-refractivity contribution in [2.24, 2.45) is 10.2 Å². The lowest BCUT2D eigenvalue weighted by Crippen LogP contribution is -2.14. The van der Waals surface area contributed by atoms with Crippen LogP contribution in [0.25, 0.3) is 0 Å². The third kappa shape index (κ3) is 4.51. The summed E-state index contributed by atoms with van der Waals surface area (Å²) in [5, 5.41) is 8.76. The zero-order valence-electron chi connectivity index (χ0n) is 15.2. The highest BCUT2D eigenvalue weighted by Gasteiger charge is 2.17. The van der Waals surface area contributed by atoms with Crippen LogP contribution in [0, 0.1) is 0 Å². The lowest BCUT2D eigenvalue weighted by Gasteiger charge is -2.23. The van der Waals surface area contributed by atoms with E-state index in [1.165, 1.54) is 11.1 Å². The molecule has 0 N–H and O–H groups in total. The van der Waals surface area contributed by atoms with Crippen molar-refractivity contribution < 1.29 is 0 Å². The number of benzene rings is 2. The first-order valence-electron chi connectivity index (χ1n) is 8.35. The maximum Gasteiger partial charge on any atom is 0.0860 e. The minimum atomic E-state index is 0.124. The van der Waals surface area contributed by atoms with Gasteiger partial charge in [0.1, 0.15) is 0 Å². The molecule has 0 saturated carbocycles. The monoisotopic (exact) mass is 308 g/mol. The highest BCUT2D eigenvalue weighted by molar-refractivity contribution is 5.44. The second-order valence-electron chi connectivity index (χ2n) is 7.78. The van der Waals surface area contributed by atoms with Gasteiger partial charge in [-0.3, -0.25) is 0 Å². The van der Waals surface area contributed by atoms with Crippen molar-refractivity contribution in [3.05, 3.63) is 59.7 Å². The molecule has 2 nitrogen and oxygen atoms in total. The van der Waals surface area contributed by atoms with E-state index in [0.29, 0.717) is 0 Å². The second kappa shape index (κ2) is 6.66. The maximum absolute atomic E-state index is 4.39. The fourth-order valence-electron chi connectivity index (χ4n) is 2.33. The number of hydrogen-bond donors (Lipinski definition) is 0. The minimum Gasteiger partial charge on any atom is -0.151 e. The number of hydrogen-bond acceptors (Lipinski definition) is 2. The largest absolute Gasteiger partial charge is 0.151 e. The molecule has 0 unspecified atom stereocenters. The van der Waals surface area contributed by atoms with Crippen LogP contribution in [0.15, 0.2) is 58.8 Å². The number of azo groups is 1. The van der Waals surface area contributed by atoms with Crippen LogP contribution in [-0.4, -0.2) is 0 Å². The molecule has 0 radical (unpaired) electrons. The normalized spacial score (nSPS) is 12.8. The summed E-state index contributed by atoms with van der Waals surface area (Å²) in [6.45, 7) is 13.4. The third-order valence-corrected chi connectivity index (χ3v) is 4.53. The smallest absolute Gasteiger partial charge is 0.0860 e. The van der Waals surface area contributed by atoms with Crippen LogP contribution < -0.4 is 0 Å². The molecule has 0 aliphatic heterocycles. The zero-order chi connectivity index (χ0) is 17.1. The SMILES string of the molecule is CCC(C)(C)c1ccc(/N=N/c2cccc(C(C)(C)C)c2)cc1. The molecule has 2 aromatic rings. The summed E-state index contributed by atoms with van der Waals surface area (Å²) in [7, 11) is 0. The zero-order valence-corrected chi connectivity index (χ0v) is 15.2. The molecule has 0 aliphatic carbocycles. The van der Waals surface area contributed by atoms with E-state index in [4.69, 9.17) is 0 Å². The highest BCUT2D eigenvalue weighted by Crippen LogP contribution is 2.29. The number of rotatable bonds is 4. The molecule has 2 aromatic carbocycles. The Kier molecular flexibility index (Phi) is 5.03. The van der Waals surface area contributed by atoms with Crippen LogP contribution in [0.2, 0.25) is 0 Å². The van der Waals surface area contributed by atoms with E-state index in [9.17, 15) is 0 Å². The third-order valence-electron chi connectivity index (χ3n) is 4.53. The molecule has 0 aromatic heterocycles. The van der Waals surface area contributed by atoms with Crippen LogP contribution in [0.5, 0.6) is 0 Å². The molecule has 0 amide bonds. The van der Waals surface area contributed by atoms with Gasteiger partial charge < -0.3 is 0 Å². The summed E-state index contributed by atoms with van der Waals surface area (Å²) in [6.07, 6.45) is 1.12. The van der Waals surface area contributed by atoms with Gasteiger partial charge in [-0.1, -0.05) is 65.8 Å². The number of nitrogens with zero attached hydrogens (tertiary/aromatic N) is 2. The summed E-state index contributed by atoms with van der Waals surface area (Å²) in [4.78, 5) is 0. The molecule has 23 heavy (non-hydrogen) atoms. The summed E-state index contributed by atoms with van der Waals surface area (Å²) in [6, 6.07) is 16.7. The molecule has 2 rings (SSSR count). The van der Waals surface area contributed by atoms with Gasteiger partial charge in [0, 0.05) is 0 Å². The first kappa shape index (κ1) is 17.4. The van der Waals surface area contributed by atoms with Gasteiger partial charge in [-0.05, 0) is 52.6 Å². The van der Waals surface area contributed by atoms with Gasteiger partial charge >= 0.3 is 0 Å². The fourth-order valence-corrected chi connectivity index (χ4v) is 2.33. The molecule has 0 saturated heterocycles. The van der Waals surface area contributed by atoms with Crippen LogP contribution in [-0.2, 0) is 10.8 Å². The standard InChI is InChI=1S/C21H28N2/c1-7-21(5,6)16-11-13-18(14-12-16)22-23-19-10-8-9-17(15-19)20(2,3)4/h8-15H,7H2,1-6H3/b23-22+. The van der Waals surface area contributed by atoms with E-state index in [1.807, 2.05) is 24.3 Å². The molecular weight excluding hydrogens is 280 g/mol. The molecule has 2 heteroatoms. The molecule has 0 heterocycles. The van der Waals surface area contributed by atoms with Crippen molar-refractivity contribution >= 4 is 11.4 Å². The van der Waals surface area contributed by atoms with E-state index in [2.05, 4.69) is 76.0 Å². The molecular formula is C21H28N2. The molecule has 0 bridgehead atoms. The quantitative estimate of drug-likeness (QED) is 0.539. The van der Waals surface area contributed by atoms with Gasteiger partial charge in [0.2, 0.25) is 0 Å². The Morgan fingerprint density at radius 1 is 0.739 bits per heavy atom. The van der Waals surface area contributed by atoms with Crippen LogP contribution >= 0.6 is 0 Å². The Balaban J connectivity index is 2.18. The summed E-state index contributed by atoms with van der Waals surface area (Å²) < 4.78 is 0. The highest BCUT2D eigenvalue weighted by atomic mass is 15.1. The van der Waals surface area contributed by atoms with E-state index < -0.39 is 0 Å². The average molecular weight is 308 g/mol. The summed E-state index contributed by atoms with van der Waals surface area (Å²) in [5.74, 6) is 0. The second-order valence-corrected chi connectivity index (χ2v) is 7.78. The Morgan fingerprint density at radius 3 is 1.91 bits per heavy atom. The van der Waals surface area contributed by atoms with Gasteiger partial charge in [0.15, 0.2) is 0 Å². The fraction of sp³-hybridized carbons (Fsp3) is 0.429. The van der Waals surface area contributed by atoms with Crippen LogP contribution in [0.3, 0.4) is 0 Å². The van der Waals surface area contributed by atoms with Crippen molar-refractivity contribution in [3.8, 4) is 0 Å². The van der Waals surface area contributed by atoms with Crippen molar-refractivity contribution in [2.45, 2.75) is 58.8 Å². The summed E-state index contributed by atoms with van der Waals surface area (Å²) in [5.41, 5.74) is 4.73. The van der Waals surface area contributed by atoms with E-state index in [1.54, 1.807) is 0 Å². The van der Waals surface area contributed by atoms with Crippen molar-refractivity contribution in [1.82, 2.24) is 0 Å². The van der Waals surface area contributed by atoms with E-state index >= 15 is 0 Å². The maximum atomic E-state index is 4.39. The lowest BCUT2D eigenvalue weighted by atomic mass is 9.82. The van der Waals surface area contributed by atoms with E-state index in [-0.39, 0.29) is 10.8 Å². The van der Waals surface area contributed by atoms with Gasteiger partial charge in [-0.2, -0.15) is 10.2 Å². The Morgan fingerprint density at radius 2 is 1.35 bits per heavy atom. The molecule has 0 spiro atoms. The van der Waals surface area contributed by atoms with Gasteiger partial charge in [-0.15, -0.1) is 0 Å². The van der Waals surface area contributed by atoms with Gasteiger partial charge in [0.25, 0.3) is 0 Å². The van der Waals surface area contributed by atoms with Gasteiger partial charge in [0.05, 0.1) is 11.4 Å².